The molecular weight excluding hydrogens is 302 g/mol. The molecule has 0 heterocycles. The first kappa shape index (κ1) is 14.9. The zero-order valence-corrected chi connectivity index (χ0v) is 13.0. The molecule has 2 aromatic rings. The smallest absolute Gasteiger partial charge is 0.134 e. The lowest BCUT2D eigenvalue weighted by Gasteiger charge is -2.06. The third-order valence-corrected chi connectivity index (χ3v) is 4.61. The van der Waals surface area contributed by atoms with Crippen LogP contribution in [-0.4, -0.2) is 10.5 Å². The molecule has 1 atom stereocenters. The van der Waals surface area contributed by atoms with E-state index in [0.717, 1.165) is 27.7 Å². The first-order chi connectivity index (χ1) is 10.5. The molecular formula is C18H14F2OS. The Labute approximate surface area is 130 Å². The van der Waals surface area contributed by atoms with Crippen molar-refractivity contribution in [2.24, 2.45) is 0 Å². The van der Waals surface area contributed by atoms with Gasteiger partial charge in [-0.25, -0.2) is 8.78 Å². The zero-order valence-electron chi connectivity index (χ0n) is 12.2. The van der Waals surface area contributed by atoms with E-state index >= 15 is 0 Å². The molecule has 3 rings (SSSR count). The highest BCUT2D eigenvalue weighted by molar-refractivity contribution is 7.84. The zero-order chi connectivity index (χ0) is 15.9. The van der Waals surface area contributed by atoms with Crippen molar-refractivity contribution in [3.8, 4) is 0 Å². The lowest BCUT2D eigenvalue weighted by molar-refractivity contribution is 0.581. The van der Waals surface area contributed by atoms with Crippen LogP contribution in [0.25, 0.3) is 17.7 Å². The van der Waals surface area contributed by atoms with Crippen molar-refractivity contribution in [1.29, 1.82) is 0 Å². The average molecular weight is 316 g/mol. The van der Waals surface area contributed by atoms with Crippen LogP contribution in [0.1, 0.15) is 23.6 Å². The van der Waals surface area contributed by atoms with Crippen LogP contribution in [0.5, 0.6) is 0 Å². The molecule has 1 unspecified atom stereocenters. The Morgan fingerprint density at radius 1 is 1.09 bits per heavy atom. The molecule has 0 aromatic heterocycles. The number of benzene rings is 2. The molecule has 112 valence electrons. The average Bonchev–Trinajstić information content (AvgIpc) is 2.75. The summed E-state index contributed by atoms with van der Waals surface area (Å²) < 4.78 is 38.8. The number of allylic oxidation sites excluding steroid dienone is 2. The lowest BCUT2D eigenvalue weighted by Crippen LogP contribution is -1.92. The van der Waals surface area contributed by atoms with Crippen molar-refractivity contribution in [1.82, 2.24) is 0 Å². The van der Waals surface area contributed by atoms with Crippen LogP contribution in [0, 0.1) is 11.6 Å². The molecule has 4 heteroatoms. The van der Waals surface area contributed by atoms with Gasteiger partial charge >= 0.3 is 0 Å². The maximum Gasteiger partial charge on any atom is 0.134 e. The van der Waals surface area contributed by atoms with Gasteiger partial charge in [0, 0.05) is 33.6 Å². The summed E-state index contributed by atoms with van der Waals surface area (Å²) in [6.07, 6.45) is 5.27. The van der Waals surface area contributed by atoms with E-state index in [1.165, 1.54) is 6.07 Å². The van der Waals surface area contributed by atoms with Gasteiger partial charge in [-0.15, -0.1) is 0 Å². The molecule has 0 saturated carbocycles. The van der Waals surface area contributed by atoms with Gasteiger partial charge in [-0.05, 0) is 53.5 Å². The Morgan fingerprint density at radius 3 is 2.41 bits per heavy atom. The summed E-state index contributed by atoms with van der Waals surface area (Å²) in [6, 6.07) is 9.51. The van der Waals surface area contributed by atoms with Gasteiger partial charge in [0.05, 0.1) is 0 Å². The Bertz CT molecular complexity index is 833. The number of fused-ring (bicyclic) bond motifs is 1. The molecule has 0 radical (unpaired) electrons. The van der Waals surface area contributed by atoms with Crippen LogP contribution in [0.4, 0.5) is 8.78 Å². The third-order valence-electron chi connectivity index (χ3n) is 3.67. The SMILES string of the molecule is CC1=Cc2cc(F)cc(F)c2/C1=C/c1ccc(S(C)=O)cc1. The maximum atomic E-state index is 14.1. The minimum atomic E-state index is -1.02. The van der Waals surface area contributed by atoms with Crippen LogP contribution < -0.4 is 0 Å². The molecule has 0 amide bonds. The molecule has 0 aliphatic heterocycles. The van der Waals surface area contributed by atoms with E-state index < -0.39 is 22.4 Å². The standard InChI is InChI=1S/C18H14F2OS/c1-11-7-13-9-14(19)10-17(20)18(13)16(11)8-12-3-5-15(6-4-12)22(2)21/h3-10H,1-2H3/b16-8+. The highest BCUT2D eigenvalue weighted by Gasteiger charge is 2.21. The van der Waals surface area contributed by atoms with Crippen LogP contribution in [0.2, 0.25) is 0 Å². The number of hydrogen-bond donors (Lipinski definition) is 0. The first-order valence-electron chi connectivity index (χ1n) is 6.79. The van der Waals surface area contributed by atoms with E-state index in [1.54, 1.807) is 24.5 Å². The maximum absolute atomic E-state index is 14.1. The summed E-state index contributed by atoms with van der Waals surface area (Å²) in [6.45, 7) is 1.87. The van der Waals surface area contributed by atoms with E-state index in [9.17, 15) is 13.0 Å². The Morgan fingerprint density at radius 2 is 1.77 bits per heavy atom. The van der Waals surface area contributed by atoms with Gasteiger partial charge < -0.3 is 0 Å². The van der Waals surface area contributed by atoms with Gasteiger partial charge in [0.25, 0.3) is 0 Å². The first-order valence-corrected chi connectivity index (χ1v) is 8.35. The monoisotopic (exact) mass is 316 g/mol. The molecule has 0 fully saturated rings. The number of halogens is 2. The van der Waals surface area contributed by atoms with E-state index in [0.29, 0.717) is 11.1 Å². The topological polar surface area (TPSA) is 17.1 Å². The fourth-order valence-corrected chi connectivity index (χ4v) is 3.13. The van der Waals surface area contributed by atoms with Crippen molar-refractivity contribution in [2.75, 3.05) is 6.26 Å². The van der Waals surface area contributed by atoms with E-state index in [2.05, 4.69) is 0 Å². The van der Waals surface area contributed by atoms with Gasteiger partial charge in [0.2, 0.25) is 0 Å². The minimum absolute atomic E-state index is 0.432. The van der Waals surface area contributed by atoms with Crippen molar-refractivity contribution in [3.63, 3.8) is 0 Å². The second kappa shape index (κ2) is 5.61. The van der Waals surface area contributed by atoms with E-state index in [-0.39, 0.29) is 0 Å². The quantitative estimate of drug-likeness (QED) is 0.787. The minimum Gasteiger partial charge on any atom is -0.255 e. The summed E-state index contributed by atoms with van der Waals surface area (Å²) in [5.74, 6) is -1.13. The summed E-state index contributed by atoms with van der Waals surface area (Å²) in [5.41, 5.74) is 3.52. The highest BCUT2D eigenvalue weighted by Crippen LogP contribution is 2.38. The second-order valence-electron chi connectivity index (χ2n) is 5.26. The predicted octanol–water partition coefficient (Wildman–Crippen LogP) is 4.66. The number of rotatable bonds is 2. The van der Waals surface area contributed by atoms with Crippen LogP contribution in [-0.2, 0) is 10.8 Å². The summed E-state index contributed by atoms with van der Waals surface area (Å²) in [7, 11) is -1.02. The second-order valence-corrected chi connectivity index (χ2v) is 6.64. The molecule has 0 spiro atoms. The van der Waals surface area contributed by atoms with Gasteiger partial charge in [-0.1, -0.05) is 18.2 Å². The Balaban J connectivity index is 2.06. The molecule has 1 nitrogen and oxygen atoms in total. The van der Waals surface area contributed by atoms with Crippen LogP contribution in [0.15, 0.2) is 46.9 Å². The van der Waals surface area contributed by atoms with Gasteiger partial charge in [-0.3, -0.25) is 4.21 Å². The van der Waals surface area contributed by atoms with Crippen molar-refractivity contribution >= 4 is 28.5 Å². The molecule has 22 heavy (non-hydrogen) atoms. The molecule has 0 bridgehead atoms. The Hall–Kier alpha value is -2.07. The predicted molar refractivity (Wildman–Crippen MR) is 86.7 cm³/mol. The third kappa shape index (κ3) is 2.66. The summed E-state index contributed by atoms with van der Waals surface area (Å²) in [4.78, 5) is 0.745. The summed E-state index contributed by atoms with van der Waals surface area (Å²) in [5, 5.41) is 0. The van der Waals surface area contributed by atoms with Gasteiger partial charge in [0.1, 0.15) is 11.6 Å². The molecule has 2 aromatic carbocycles. The normalized spacial score (nSPS) is 16.5. The summed E-state index contributed by atoms with van der Waals surface area (Å²) >= 11 is 0. The largest absolute Gasteiger partial charge is 0.255 e. The number of hydrogen-bond acceptors (Lipinski definition) is 1. The molecule has 1 aliphatic carbocycles. The van der Waals surface area contributed by atoms with Crippen LogP contribution in [0.3, 0.4) is 0 Å². The van der Waals surface area contributed by atoms with E-state index in [1.807, 2.05) is 25.1 Å². The van der Waals surface area contributed by atoms with Crippen molar-refractivity contribution in [3.05, 3.63) is 70.3 Å². The Kier molecular flexibility index (Phi) is 3.79. The van der Waals surface area contributed by atoms with Gasteiger partial charge in [0.15, 0.2) is 0 Å². The lowest BCUT2D eigenvalue weighted by atomic mass is 10.00. The highest BCUT2D eigenvalue weighted by atomic mass is 32.2. The van der Waals surface area contributed by atoms with Crippen LogP contribution >= 0.6 is 0 Å². The van der Waals surface area contributed by atoms with E-state index in [4.69, 9.17) is 0 Å². The van der Waals surface area contributed by atoms with Gasteiger partial charge in [-0.2, -0.15) is 0 Å². The van der Waals surface area contributed by atoms with Crippen molar-refractivity contribution in [2.45, 2.75) is 11.8 Å². The molecule has 0 saturated heterocycles. The fraction of sp³-hybridized carbons (Fsp3) is 0.111. The van der Waals surface area contributed by atoms with Crippen molar-refractivity contribution < 1.29 is 13.0 Å². The molecule has 0 N–H and O–H groups in total. The fourth-order valence-electron chi connectivity index (χ4n) is 2.61. The molecule has 1 aliphatic rings.